The second-order valence-electron chi connectivity index (χ2n) is 5.93. The highest BCUT2D eigenvalue weighted by atomic mass is 35.5. The van der Waals surface area contributed by atoms with Gasteiger partial charge in [0.15, 0.2) is 5.78 Å². The molecular weight excluding hydrogens is 367 g/mol. The third-order valence-corrected chi connectivity index (χ3v) is 4.65. The lowest BCUT2D eigenvalue weighted by Crippen LogP contribution is -2.07. The Morgan fingerprint density at radius 3 is 2.15 bits per heavy atom. The predicted octanol–water partition coefficient (Wildman–Crippen LogP) is 6.31. The van der Waals surface area contributed by atoms with Crippen LogP contribution in [0.2, 0.25) is 5.02 Å². The average molecular weight is 383 g/mol. The van der Waals surface area contributed by atoms with Crippen molar-refractivity contribution in [2.24, 2.45) is 0 Å². The van der Waals surface area contributed by atoms with Crippen LogP contribution in [-0.2, 0) is 4.94 Å². The molecule has 0 heterocycles. The van der Waals surface area contributed by atoms with Gasteiger partial charge >= 0.3 is 5.97 Å². The quantitative estimate of drug-likeness (QED) is 0.486. The molecule has 3 rings (SSSR count). The maximum atomic E-state index is 12.8. The van der Waals surface area contributed by atoms with Crippen LogP contribution in [0.25, 0.3) is 22.3 Å². The number of hydrogen-bond acceptors (Lipinski definition) is 3. The third kappa shape index (κ3) is 3.76. The molecule has 3 aromatic carbocycles. The van der Waals surface area contributed by atoms with E-state index in [2.05, 4.69) is 4.94 Å². The molecule has 5 heteroatoms. The van der Waals surface area contributed by atoms with Gasteiger partial charge in [-0.1, -0.05) is 67.1 Å². The van der Waals surface area contributed by atoms with Crippen molar-refractivity contribution in [2.45, 2.75) is 13.3 Å². The minimum atomic E-state index is -1.14. The number of Topliss-reactive ketones (excluding diaryl/α,β-unsaturated/α-hetero) is 1. The van der Waals surface area contributed by atoms with Gasteiger partial charge in [0.1, 0.15) is 0 Å². The molecule has 0 bridgehead atoms. The largest absolute Gasteiger partial charge is 0.380 e. The van der Waals surface area contributed by atoms with Gasteiger partial charge in [-0.2, -0.15) is 0 Å². The summed E-state index contributed by atoms with van der Waals surface area (Å²) in [6.45, 7) is 1.76. The second kappa shape index (κ2) is 8.14. The van der Waals surface area contributed by atoms with E-state index in [0.717, 1.165) is 5.56 Å². The van der Waals surface area contributed by atoms with E-state index in [1.165, 1.54) is 6.07 Å². The standard InChI is InChI=1S/C22H16ClFO3/c1-2-21(25)18-13-17(15-10-6-7-11-20(15)23)19(22(26)27-24)12-16(18)14-8-4-3-5-9-14/h3-13H,2H2,1H3. The van der Waals surface area contributed by atoms with E-state index >= 15 is 0 Å². The molecule has 0 aliphatic carbocycles. The summed E-state index contributed by atoms with van der Waals surface area (Å²) in [5, 5.41) is 0.382. The monoisotopic (exact) mass is 382 g/mol. The molecule has 3 aromatic rings. The first-order chi connectivity index (χ1) is 13.1. The molecule has 0 atom stereocenters. The number of benzene rings is 3. The second-order valence-corrected chi connectivity index (χ2v) is 6.34. The average Bonchev–Trinajstić information content (AvgIpc) is 2.72. The molecule has 0 spiro atoms. The van der Waals surface area contributed by atoms with Crippen molar-refractivity contribution < 1.29 is 19.1 Å². The molecule has 136 valence electrons. The maximum Gasteiger partial charge on any atom is 0.380 e. The fourth-order valence-electron chi connectivity index (χ4n) is 2.99. The molecule has 0 aliphatic rings. The Morgan fingerprint density at radius 1 is 0.889 bits per heavy atom. The highest BCUT2D eigenvalue weighted by Gasteiger charge is 2.22. The number of carbonyl (C=O) groups is 2. The van der Waals surface area contributed by atoms with Crippen LogP contribution < -0.4 is 0 Å². The predicted molar refractivity (Wildman–Crippen MR) is 103 cm³/mol. The molecule has 0 unspecified atom stereocenters. The summed E-state index contributed by atoms with van der Waals surface area (Å²) in [5.74, 6) is -1.24. The van der Waals surface area contributed by atoms with Gasteiger partial charge in [0, 0.05) is 27.1 Å². The number of hydrogen-bond donors (Lipinski definition) is 0. The molecule has 0 aromatic heterocycles. The van der Waals surface area contributed by atoms with E-state index in [4.69, 9.17) is 11.6 Å². The zero-order valence-corrected chi connectivity index (χ0v) is 15.3. The van der Waals surface area contributed by atoms with Gasteiger partial charge < -0.3 is 0 Å². The normalized spacial score (nSPS) is 10.5. The Bertz CT molecular complexity index is 1000. The summed E-state index contributed by atoms with van der Waals surface area (Å²) in [5.41, 5.74) is 2.58. The fraction of sp³-hybridized carbons (Fsp3) is 0.0909. The molecule has 27 heavy (non-hydrogen) atoms. The number of carbonyl (C=O) groups excluding carboxylic acids is 2. The van der Waals surface area contributed by atoms with Crippen molar-refractivity contribution in [1.29, 1.82) is 0 Å². The van der Waals surface area contributed by atoms with Crippen LogP contribution >= 0.6 is 11.6 Å². The smallest absolute Gasteiger partial charge is 0.294 e. The van der Waals surface area contributed by atoms with Crippen LogP contribution in [0.1, 0.15) is 34.1 Å². The summed E-state index contributed by atoms with van der Waals surface area (Å²) < 4.78 is 12.8. The minimum absolute atomic E-state index is 0.00268. The lowest BCUT2D eigenvalue weighted by atomic mass is 9.88. The third-order valence-electron chi connectivity index (χ3n) is 4.32. The molecule has 0 aliphatic heterocycles. The van der Waals surface area contributed by atoms with Gasteiger partial charge in [-0.05, 0) is 34.9 Å². The van der Waals surface area contributed by atoms with E-state index in [9.17, 15) is 14.1 Å². The summed E-state index contributed by atoms with van der Waals surface area (Å²) in [6, 6.07) is 19.1. The lowest BCUT2D eigenvalue weighted by Gasteiger charge is -2.15. The highest BCUT2D eigenvalue weighted by Crippen LogP contribution is 2.36. The SMILES string of the molecule is CCC(=O)c1cc(-c2ccccc2Cl)c(C(=O)OF)cc1-c1ccccc1. The minimum Gasteiger partial charge on any atom is -0.294 e. The molecule has 0 amide bonds. The highest BCUT2D eigenvalue weighted by molar-refractivity contribution is 6.33. The van der Waals surface area contributed by atoms with Crippen LogP contribution in [0.3, 0.4) is 0 Å². The maximum absolute atomic E-state index is 12.8. The Kier molecular flexibility index (Phi) is 5.67. The zero-order valence-electron chi connectivity index (χ0n) is 14.5. The fourth-order valence-corrected chi connectivity index (χ4v) is 3.23. The summed E-state index contributed by atoms with van der Waals surface area (Å²) in [4.78, 5) is 28.2. The van der Waals surface area contributed by atoms with Gasteiger partial charge in [0.2, 0.25) is 0 Å². The molecule has 0 fully saturated rings. The van der Waals surface area contributed by atoms with Crippen molar-refractivity contribution >= 4 is 23.4 Å². The van der Waals surface area contributed by atoms with Gasteiger partial charge in [-0.3, -0.25) is 4.79 Å². The number of rotatable bonds is 5. The van der Waals surface area contributed by atoms with Crippen molar-refractivity contribution in [2.75, 3.05) is 0 Å². The van der Waals surface area contributed by atoms with Crippen molar-refractivity contribution in [3.63, 3.8) is 0 Å². The van der Waals surface area contributed by atoms with Gasteiger partial charge in [0.25, 0.3) is 0 Å². The Labute approximate surface area is 161 Å². The zero-order chi connectivity index (χ0) is 19.4. The molecular formula is C22H16ClFO3. The van der Waals surface area contributed by atoms with Crippen molar-refractivity contribution in [1.82, 2.24) is 0 Å². The van der Waals surface area contributed by atoms with Crippen LogP contribution in [0.15, 0.2) is 66.7 Å². The first-order valence-corrected chi connectivity index (χ1v) is 8.79. The van der Waals surface area contributed by atoms with Crippen LogP contribution in [0, 0.1) is 0 Å². The Morgan fingerprint density at radius 2 is 1.52 bits per heavy atom. The molecule has 0 saturated heterocycles. The Hall–Kier alpha value is -2.98. The molecule has 0 saturated carbocycles. The lowest BCUT2D eigenvalue weighted by molar-refractivity contribution is -0.0787. The number of ketones is 1. The van der Waals surface area contributed by atoms with E-state index in [1.54, 1.807) is 37.3 Å². The first kappa shape index (κ1) is 18.8. The number of halogens is 2. The summed E-state index contributed by atoms with van der Waals surface area (Å²) >= 11 is 6.27. The Balaban J connectivity index is 2.36. The van der Waals surface area contributed by atoms with E-state index in [0.29, 0.717) is 27.3 Å². The van der Waals surface area contributed by atoms with E-state index in [-0.39, 0.29) is 17.8 Å². The van der Waals surface area contributed by atoms with E-state index < -0.39 is 5.97 Å². The van der Waals surface area contributed by atoms with Crippen LogP contribution in [-0.4, -0.2) is 11.8 Å². The van der Waals surface area contributed by atoms with Crippen LogP contribution in [0.4, 0.5) is 4.53 Å². The summed E-state index contributed by atoms with van der Waals surface area (Å²) in [6.07, 6.45) is 0.286. The molecule has 0 N–H and O–H groups in total. The van der Waals surface area contributed by atoms with Crippen molar-refractivity contribution in [3.8, 4) is 22.3 Å². The topological polar surface area (TPSA) is 43.4 Å². The van der Waals surface area contributed by atoms with Crippen LogP contribution in [0.5, 0.6) is 0 Å². The van der Waals surface area contributed by atoms with Gasteiger partial charge in [-0.15, -0.1) is 0 Å². The van der Waals surface area contributed by atoms with Crippen molar-refractivity contribution in [3.05, 3.63) is 82.9 Å². The molecule has 0 radical (unpaired) electrons. The van der Waals surface area contributed by atoms with Gasteiger partial charge in [-0.25, -0.2) is 9.74 Å². The summed E-state index contributed by atoms with van der Waals surface area (Å²) in [7, 11) is 0. The molecule has 3 nitrogen and oxygen atoms in total. The van der Waals surface area contributed by atoms with E-state index in [1.807, 2.05) is 30.3 Å². The van der Waals surface area contributed by atoms with Gasteiger partial charge in [0.05, 0.1) is 5.56 Å². The first-order valence-electron chi connectivity index (χ1n) is 8.41.